The van der Waals surface area contributed by atoms with Gasteiger partial charge < -0.3 is 20.1 Å². The summed E-state index contributed by atoms with van der Waals surface area (Å²) in [5, 5.41) is 4.01. The number of halogens is 2. The Bertz CT molecular complexity index is 751. The number of carbonyl (C=O) groups is 2. The maximum Gasteiger partial charge on any atom is 0.265 e. The molecule has 1 saturated carbocycles. The van der Waals surface area contributed by atoms with E-state index in [4.69, 9.17) is 10.3 Å². The first-order chi connectivity index (χ1) is 13.3. The molecule has 28 heavy (non-hydrogen) atoms. The molecular formula is C18H25F2N5O3. The number of hydrogen-bond acceptors (Lipinski definition) is 6. The van der Waals surface area contributed by atoms with Crippen LogP contribution in [0.2, 0.25) is 0 Å². The molecule has 0 aromatic carbocycles. The Morgan fingerprint density at radius 1 is 1.36 bits per heavy atom. The maximum atomic E-state index is 13.6. The second kappa shape index (κ2) is 7.38. The average Bonchev–Trinajstić information content (AvgIpc) is 3.17. The molecule has 1 aromatic rings. The molecule has 10 heteroatoms. The molecular weight excluding hydrogens is 372 g/mol. The minimum absolute atomic E-state index is 0.0184. The molecule has 3 fully saturated rings. The van der Waals surface area contributed by atoms with Crippen LogP contribution in [0.5, 0.6) is 0 Å². The van der Waals surface area contributed by atoms with Gasteiger partial charge in [0.05, 0.1) is 6.54 Å². The van der Waals surface area contributed by atoms with Crippen LogP contribution in [-0.4, -0.2) is 63.4 Å². The van der Waals surface area contributed by atoms with Crippen molar-refractivity contribution in [2.45, 2.75) is 68.9 Å². The van der Waals surface area contributed by atoms with Gasteiger partial charge >= 0.3 is 0 Å². The molecule has 154 valence electrons. The molecule has 3 aliphatic rings. The van der Waals surface area contributed by atoms with Crippen molar-refractivity contribution in [3.8, 4) is 0 Å². The second-order valence-corrected chi connectivity index (χ2v) is 8.10. The number of piperidine rings is 1. The predicted molar refractivity (Wildman–Crippen MR) is 93.3 cm³/mol. The van der Waals surface area contributed by atoms with E-state index in [1.165, 1.54) is 0 Å². The zero-order chi connectivity index (χ0) is 19.9. The van der Waals surface area contributed by atoms with E-state index in [0.717, 1.165) is 30.6 Å². The Balaban J connectivity index is 1.34. The van der Waals surface area contributed by atoms with E-state index in [2.05, 4.69) is 10.1 Å². The molecule has 8 nitrogen and oxygen atoms in total. The van der Waals surface area contributed by atoms with Crippen LogP contribution in [0.4, 0.5) is 8.78 Å². The smallest absolute Gasteiger partial charge is 0.265 e. The number of rotatable bonds is 6. The van der Waals surface area contributed by atoms with Gasteiger partial charge in [-0.2, -0.15) is 4.98 Å². The highest BCUT2D eigenvalue weighted by Gasteiger charge is 2.40. The molecule has 0 radical (unpaired) electrons. The summed E-state index contributed by atoms with van der Waals surface area (Å²) in [6.45, 7) is -0.116. The van der Waals surface area contributed by atoms with Gasteiger partial charge in [0.15, 0.2) is 5.82 Å². The lowest BCUT2D eigenvalue weighted by molar-refractivity contribution is -0.148. The van der Waals surface area contributed by atoms with E-state index >= 15 is 0 Å². The van der Waals surface area contributed by atoms with Crippen LogP contribution in [0.15, 0.2) is 4.52 Å². The number of alkyl halides is 2. The minimum Gasteiger partial charge on any atom is -0.337 e. The van der Waals surface area contributed by atoms with Gasteiger partial charge in [-0.15, -0.1) is 0 Å². The van der Waals surface area contributed by atoms with Crippen LogP contribution in [-0.2, 0) is 9.59 Å². The Morgan fingerprint density at radius 2 is 2.14 bits per heavy atom. The molecule has 2 N–H and O–H groups in total. The normalized spacial score (nSPS) is 26.0. The predicted octanol–water partition coefficient (Wildman–Crippen LogP) is 1.59. The monoisotopic (exact) mass is 397 g/mol. The molecule has 2 aliphatic heterocycles. The van der Waals surface area contributed by atoms with Crippen LogP contribution >= 0.6 is 0 Å². The third kappa shape index (κ3) is 4.16. The molecule has 2 saturated heterocycles. The fourth-order valence-electron chi connectivity index (χ4n) is 3.96. The lowest BCUT2D eigenvalue weighted by atomic mass is 10.0. The van der Waals surface area contributed by atoms with Crippen molar-refractivity contribution < 1.29 is 22.9 Å². The third-order valence-corrected chi connectivity index (χ3v) is 5.63. The molecule has 4 rings (SSSR count). The number of likely N-dealkylation sites (tertiary alicyclic amines) is 2. The van der Waals surface area contributed by atoms with Crippen LogP contribution in [0.1, 0.15) is 68.6 Å². The van der Waals surface area contributed by atoms with Gasteiger partial charge in [-0.1, -0.05) is 5.16 Å². The first-order valence-corrected chi connectivity index (χ1v) is 9.86. The molecule has 0 bridgehead atoms. The number of hydrogen-bond donors (Lipinski definition) is 1. The number of nitrogens with two attached hydrogens (primary N) is 1. The number of aromatic nitrogens is 2. The first-order valence-electron chi connectivity index (χ1n) is 9.86. The number of carbonyl (C=O) groups excluding carboxylic acids is 2. The summed E-state index contributed by atoms with van der Waals surface area (Å²) in [5.74, 6) is -1.89. The quantitative estimate of drug-likeness (QED) is 0.781. The van der Waals surface area contributed by atoms with Gasteiger partial charge in [-0.05, 0) is 25.7 Å². The summed E-state index contributed by atoms with van der Waals surface area (Å²) in [5.41, 5.74) is 6.02. The van der Waals surface area contributed by atoms with Gasteiger partial charge in [0.2, 0.25) is 17.7 Å². The molecule has 1 aliphatic carbocycles. The summed E-state index contributed by atoms with van der Waals surface area (Å²) in [6, 6.07) is -0.961. The zero-order valence-corrected chi connectivity index (χ0v) is 15.6. The highest BCUT2D eigenvalue weighted by Crippen LogP contribution is 2.40. The van der Waals surface area contributed by atoms with Crippen molar-refractivity contribution in [3.05, 3.63) is 11.7 Å². The van der Waals surface area contributed by atoms with Crippen LogP contribution in [0.25, 0.3) is 0 Å². The first kappa shape index (κ1) is 19.2. The van der Waals surface area contributed by atoms with Gasteiger partial charge in [0, 0.05) is 44.3 Å². The van der Waals surface area contributed by atoms with E-state index in [9.17, 15) is 18.4 Å². The SMILES string of the molecule is N[C@@H](CC(=O)N1CCC[C@H]1c1nc(C2CC2)no1)CN1CC(F)(F)CCC1=O. The van der Waals surface area contributed by atoms with Crippen molar-refractivity contribution >= 4 is 11.8 Å². The fourth-order valence-corrected chi connectivity index (χ4v) is 3.96. The Kier molecular flexibility index (Phi) is 5.07. The largest absolute Gasteiger partial charge is 0.337 e. The van der Waals surface area contributed by atoms with E-state index in [1.807, 2.05) is 0 Å². The lowest BCUT2D eigenvalue weighted by Gasteiger charge is -2.34. The summed E-state index contributed by atoms with van der Waals surface area (Å²) < 4.78 is 32.5. The standard InChI is InChI=1S/C18H25F2N5O3/c19-18(20)6-5-14(26)24(10-18)9-12(21)8-15(27)25-7-1-2-13(25)17-22-16(23-28-17)11-3-4-11/h11-13H,1-10,21H2/t12-,13-/m0/s1. The molecule has 2 atom stereocenters. The second-order valence-electron chi connectivity index (χ2n) is 8.10. The van der Waals surface area contributed by atoms with E-state index < -0.39 is 24.9 Å². The highest BCUT2D eigenvalue weighted by atomic mass is 19.3. The topological polar surface area (TPSA) is 106 Å². The summed E-state index contributed by atoms with van der Waals surface area (Å²) >= 11 is 0. The highest BCUT2D eigenvalue weighted by molar-refractivity contribution is 5.79. The van der Waals surface area contributed by atoms with Gasteiger partial charge in [-0.25, -0.2) is 8.78 Å². The summed E-state index contributed by atoms with van der Waals surface area (Å²) in [7, 11) is 0. The molecule has 3 heterocycles. The lowest BCUT2D eigenvalue weighted by Crippen LogP contribution is -2.51. The Morgan fingerprint density at radius 3 is 2.89 bits per heavy atom. The van der Waals surface area contributed by atoms with Crippen molar-refractivity contribution in [3.63, 3.8) is 0 Å². The van der Waals surface area contributed by atoms with E-state index in [0.29, 0.717) is 24.2 Å². The minimum atomic E-state index is -2.89. The Hall–Kier alpha value is -2.10. The van der Waals surface area contributed by atoms with Crippen LogP contribution in [0, 0.1) is 0 Å². The van der Waals surface area contributed by atoms with Gasteiger partial charge in [0.25, 0.3) is 5.92 Å². The van der Waals surface area contributed by atoms with Crippen LogP contribution in [0.3, 0.4) is 0 Å². The molecule has 0 unspecified atom stereocenters. The van der Waals surface area contributed by atoms with Crippen molar-refractivity contribution in [2.75, 3.05) is 19.6 Å². The fraction of sp³-hybridized carbons (Fsp3) is 0.778. The average molecular weight is 397 g/mol. The van der Waals surface area contributed by atoms with Gasteiger partial charge in [-0.3, -0.25) is 9.59 Å². The summed E-state index contributed by atoms with van der Waals surface area (Å²) in [6.07, 6.45) is 3.05. The van der Waals surface area contributed by atoms with E-state index in [1.54, 1.807) is 4.90 Å². The molecule has 2 amide bonds. The van der Waals surface area contributed by atoms with Crippen LogP contribution < -0.4 is 5.73 Å². The third-order valence-electron chi connectivity index (χ3n) is 5.63. The van der Waals surface area contributed by atoms with Crippen molar-refractivity contribution in [1.82, 2.24) is 19.9 Å². The summed E-state index contributed by atoms with van der Waals surface area (Å²) in [4.78, 5) is 31.8. The molecule has 0 spiro atoms. The maximum absolute atomic E-state index is 13.6. The van der Waals surface area contributed by atoms with Crippen molar-refractivity contribution in [1.29, 1.82) is 0 Å². The Labute approximate surface area is 161 Å². The van der Waals surface area contributed by atoms with Gasteiger partial charge in [0.1, 0.15) is 6.04 Å². The number of nitrogens with zero attached hydrogens (tertiary/aromatic N) is 4. The van der Waals surface area contributed by atoms with Crippen molar-refractivity contribution in [2.24, 2.45) is 5.73 Å². The number of amides is 2. The molecule has 1 aromatic heterocycles. The zero-order valence-electron chi connectivity index (χ0n) is 15.6. The van der Waals surface area contributed by atoms with E-state index in [-0.39, 0.29) is 37.2 Å².